The molecule has 3 heterocycles. The Morgan fingerprint density at radius 3 is 2.68 bits per heavy atom. The molecule has 3 aliphatic heterocycles. The second-order valence-electron chi connectivity index (χ2n) is 6.89. The molecule has 0 aromatic carbocycles. The number of hydrogen-bond donors (Lipinski definition) is 3. The summed E-state index contributed by atoms with van der Waals surface area (Å²) < 4.78 is 14.2. The number of rotatable bonds is 3. The minimum absolute atomic E-state index is 0.119. The van der Waals surface area contributed by atoms with Gasteiger partial charge in [0.2, 0.25) is 5.91 Å². The minimum atomic E-state index is -0.869. The van der Waals surface area contributed by atoms with Gasteiger partial charge in [-0.2, -0.15) is 0 Å². The lowest BCUT2D eigenvalue weighted by Gasteiger charge is -2.44. The van der Waals surface area contributed by atoms with Crippen LogP contribution in [0, 0.1) is 5.92 Å². The number of nitrogens with one attached hydrogen (secondary N) is 2. The Hall–Kier alpha value is -0.760. The van der Waals surface area contributed by atoms with Crippen LogP contribution in [0.15, 0.2) is 0 Å². The molecule has 0 aromatic heterocycles. The van der Waals surface area contributed by atoms with Gasteiger partial charge in [0.15, 0.2) is 0 Å². The summed E-state index contributed by atoms with van der Waals surface area (Å²) in [4.78, 5) is 15.9. The highest BCUT2D eigenvalue weighted by molar-refractivity contribution is 5.78. The third-order valence-corrected chi connectivity index (χ3v) is 5.23. The number of likely N-dealkylation sites (tertiary alicyclic amines) is 1. The molecule has 0 aromatic rings. The van der Waals surface area contributed by atoms with Crippen LogP contribution in [-0.2, 0) is 4.79 Å². The zero-order chi connectivity index (χ0) is 15.5. The predicted octanol–water partition coefficient (Wildman–Crippen LogP) is -1.23. The zero-order valence-corrected chi connectivity index (χ0v) is 13.1. The van der Waals surface area contributed by atoms with Gasteiger partial charge in [-0.3, -0.25) is 14.6 Å². The number of piperidine rings is 2. The number of halogens is 1. The summed E-state index contributed by atoms with van der Waals surface area (Å²) in [5.41, 5.74) is 6.10. The molecule has 0 bridgehead atoms. The van der Waals surface area contributed by atoms with Crippen molar-refractivity contribution in [2.24, 2.45) is 11.7 Å². The van der Waals surface area contributed by atoms with E-state index in [1.165, 1.54) is 0 Å². The third kappa shape index (κ3) is 3.76. The van der Waals surface area contributed by atoms with E-state index >= 15 is 0 Å². The van der Waals surface area contributed by atoms with Crippen molar-refractivity contribution >= 4 is 5.91 Å². The van der Waals surface area contributed by atoms with E-state index < -0.39 is 6.17 Å². The molecule has 126 valence electrons. The van der Waals surface area contributed by atoms with Crippen LogP contribution in [0.3, 0.4) is 0 Å². The fourth-order valence-electron chi connectivity index (χ4n) is 4.04. The Bertz CT molecular complexity index is 378. The molecule has 1 amide bonds. The number of hydrogen-bond acceptors (Lipinski definition) is 5. The van der Waals surface area contributed by atoms with Crippen LogP contribution in [0.25, 0.3) is 0 Å². The number of piperazine rings is 1. The number of carbonyl (C=O) groups excluding carboxylic acids is 1. The number of nitrogens with two attached hydrogens (primary N) is 1. The second kappa shape index (κ2) is 7.21. The van der Waals surface area contributed by atoms with Crippen LogP contribution in [0.2, 0.25) is 0 Å². The average molecular weight is 313 g/mol. The highest BCUT2D eigenvalue weighted by atomic mass is 19.1. The highest BCUT2D eigenvalue weighted by Crippen LogP contribution is 2.24. The smallest absolute Gasteiger partial charge is 0.234 e. The predicted molar refractivity (Wildman–Crippen MR) is 83.3 cm³/mol. The fraction of sp³-hybridized carbons (Fsp3) is 0.933. The topological polar surface area (TPSA) is 73.6 Å². The summed E-state index contributed by atoms with van der Waals surface area (Å²) in [5, 5.41) is 5.91. The summed E-state index contributed by atoms with van der Waals surface area (Å²) in [6, 6.07) is -0.256. The van der Waals surface area contributed by atoms with Crippen molar-refractivity contribution in [1.29, 1.82) is 0 Å². The van der Waals surface area contributed by atoms with Crippen LogP contribution >= 0.6 is 0 Å². The Labute approximate surface area is 131 Å². The lowest BCUT2D eigenvalue weighted by atomic mass is 9.91. The van der Waals surface area contributed by atoms with Gasteiger partial charge in [0, 0.05) is 38.8 Å². The minimum Gasteiger partial charge on any atom is -0.354 e. The fourth-order valence-corrected chi connectivity index (χ4v) is 4.04. The monoisotopic (exact) mass is 313 g/mol. The Morgan fingerprint density at radius 1 is 1.23 bits per heavy atom. The molecule has 3 aliphatic rings. The Kier molecular flexibility index (Phi) is 5.28. The zero-order valence-electron chi connectivity index (χ0n) is 13.1. The van der Waals surface area contributed by atoms with E-state index in [1.807, 2.05) is 0 Å². The Balaban J connectivity index is 1.46. The number of alkyl halides is 1. The molecule has 7 heteroatoms. The molecule has 3 rings (SSSR count). The van der Waals surface area contributed by atoms with Gasteiger partial charge in [-0.05, 0) is 31.8 Å². The summed E-state index contributed by atoms with van der Waals surface area (Å²) in [5.74, 6) is 0.739. The summed E-state index contributed by atoms with van der Waals surface area (Å²) in [6.07, 6.45) is 1.27. The molecule has 22 heavy (non-hydrogen) atoms. The van der Waals surface area contributed by atoms with Gasteiger partial charge >= 0.3 is 0 Å². The summed E-state index contributed by atoms with van der Waals surface area (Å²) >= 11 is 0. The lowest BCUT2D eigenvalue weighted by Crippen LogP contribution is -2.63. The molecular weight excluding hydrogens is 285 g/mol. The maximum absolute atomic E-state index is 14.2. The SMILES string of the molecule is NC1CNCC(F)C1N1CCC(CN2CCNC(=O)C2)CC1. The summed E-state index contributed by atoms with van der Waals surface area (Å²) in [7, 11) is 0. The van der Waals surface area contributed by atoms with Crippen molar-refractivity contribution in [2.45, 2.75) is 31.1 Å². The number of carbonyl (C=O) groups is 1. The van der Waals surface area contributed by atoms with E-state index in [9.17, 15) is 9.18 Å². The molecule has 0 aliphatic carbocycles. The van der Waals surface area contributed by atoms with Crippen LogP contribution in [-0.4, -0.2) is 86.3 Å². The highest BCUT2D eigenvalue weighted by Gasteiger charge is 2.37. The lowest BCUT2D eigenvalue weighted by molar-refractivity contribution is -0.124. The molecule has 4 N–H and O–H groups in total. The van der Waals surface area contributed by atoms with Crippen molar-refractivity contribution in [2.75, 3.05) is 52.4 Å². The van der Waals surface area contributed by atoms with Gasteiger partial charge in [0.05, 0.1) is 12.6 Å². The number of amides is 1. The van der Waals surface area contributed by atoms with E-state index in [0.29, 0.717) is 25.6 Å². The van der Waals surface area contributed by atoms with E-state index in [0.717, 1.165) is 45.6 Å². The molecule has 3 fully saturated rings. The van der Waals surface area contributed by atoms with Gasteiger partial charge in [-0.15, -0.1) is 0 Å². The summed E-state index contributed by atoms with van der Waals surface area (Å²) in [6.45, 7) is 6.16. The first-order valence-electron chi connectivity index (χ1n) is 8.47. The average Bonchev–Trinajstić information content (AvgIpc) is 2.49. The molecular formula is C15H28FN5O. The van der Waals surface area contributed by atoms with Crippen molar-refractivity contribution in [3.63, 3.8) is 0 Å². The molecule has 3 unspecified atom stereocenters. The molecule has 0 radical (unpaired) electrons. The Morgan fingerprint density at radius 2 is 2.00 bits per heavy atom. The van der Waals surface area contributed by atoms with Gasteiger partial charge < -0.3 is 16.4 Å². The van der Waals surface area contributed by atoms with Gasteiger partial charge in [-0.25, -0.2) is 4.39 Å². The third-order valence-electron chi connectivity index (χ3n) is 5.23. The largest absolute Gasteiger partial charge is 0.354 e. The standard InChI is InChI=1S/C15H28FN5O/c16-12-7-18-8-13(17)15(12)21-4-1-11(2-5-21)9-20-6-3-19-14(22)10-20/h11-13,15,18H,1-10,17H2,(H,19,22). The van der Waals surface area contributed by atoms with E-state index in [1.54, 1.807) is 0 Å². The first kappa shape index (κ1) is 16.1. The first-order chi connectivity index (χ1) is 10.6. The van der Waals surface area contributed by atoms with Gasteiger partial charge in [-0.1, -0.05) is 0 Å². The van der Waals surface area contributed by atoms with E-state index in [4.69, 9.17) is 5.73 Å². The van der Waals surface area contributed by atoms with Crippen LogP contribution in [0.1, 0.15) is 12.8 Å². The van der Waals surface area contributed by atoms with Crippen molar-refractivity contribution in [1.82, 2.24) is 20.4 Å². The van der Waals surface area contributed by atoms with Crippen LogP contribution in [0.5, 0.6) is 0 Å². The van der Waals surface area contributed by atoms with Gasteiger partial charge in [0.25, 0.3) is 0 Å². The quantitative estimate of drug-likeness (QED) is 0.608. The van der Waals surface area contributed by atoms with Crippen molar-refractivity contribution in [3.8, 4) is 0 Å². The molecule has 3 saturated heterocycles. The van der Waals surface area contributed by atoms with Crippen LogP contribution in [0.4, 0.5) is 4.39 Å². The first-order valence-corrected chi connectivity index (χ1v) is 8.47. The maximum Gasteiger partial charge on any atom is 0.234 e. The van der Waals surface area contributed by atoms with E-state index in [2.05, 4.69) is 20.4 Å². The molecule has 0 saturated carbocycles. The maximum atomic E-state index is 14.2. The van der Waals surface area contributed by atoms with Crippen LogP contribution < -0.4 is 16.4 Å². The molecule has 3 atom stereocenters. The van der Waals surface area contributed by atoms with Gasteiger partial charge in [0.1, 0.15) is 6.17 Å². The normalized spacial score (nSPS) is 36.3. The second-order valence-corrected chi connectivity index (χ2v) is 6.89. The van der Waals surface area contributed by atoms with E-state index in [-0.39, 0.29) is 18.0 Å². The number of nitrogens with zero attached hydrogens (tertiary/aromatic N) is 2. The molecule has 6 nitrogen and oxygen atoms in total. The van der Waals surface area contributed by atoms with Crippen molar-refractivity contribution in [3.05, 3.63) is 0 Å². The molecule has 0 spiro atoms. The van der Waals surface area contributed by atoms with Crippen molar-refractivity contribution < 1.29 is 9.18 Å².